The Hall–Kier alpha value is -4.23. The van der Waals surface area contributed by atoms with Gasteiger partial charge in [-0.2, -0.15) is 27.1 Å². The summed E-state index contributed by atoms with van der Waals surface area (Å²) in [6.45, 7) is 1.37. The zero-order valence-electron chi connectivity index (χ0n) is 22.0. The Morgan fingerprint density at radius 2 is 1.80 bits per heavy atom. The van der Waals surface area contributed by atoms with Crippen molar-refractivity contribution in [1.29, 1.82) is 0 Å². The van der Waals surface area contributed by atoms with Gasteiger partial charge >= 0.3 is 12.6 Å². The number of methoxy groups -OCH3 is 1. The summed E-state index contributed by atoms with van der Waals surface area (Å²) >= 11 is 0. The number of pyridine rings is 2. The zero-order chi connectivity index (χ0) is 29.3. The molecule has 0 saturated heterocycles. The summed E-state index contributed by atoms with van der Waals surface area (Å²) in [5.74, 6) is -0.920. The monoisotopic (exact) mass is 576 g/mol. The van der Waals surface area contributed by atoms with Gasteiger partial charge in [0.25, 0.3) is 17.3 Å². The topological polar surface area (TPSA) is 109 Å². The molecular formula is C27H25F5N6O3. The van der Waals surface area contributed by atoms with Crippen LogP contribution in [0.25, 0.3) is 11.6 Å². The molecule has 4 aromatic rings. The summed E-state index contributed by atoms with van der Waals surface area (Å²) < 4.78 is 78.5. The van der Waals surface area contributed by atoms with E-state index < -0.39 is 41.9 Å². The predicted octanol–water partition coefficient (Wildman–Crippen LogP) is 5.85. The highest BCUT2D eigenvalue weighted by Gasteiger charge is 2.35. The lowest BCUT2D eigenvalue weighted by Crippen LogP contribution is -2.31. The van der Waals surface area contributed by atoms with Gasteiger partial charge in [-0.25, -0.2) is 9.67 Å². The zero-order valence-corrected chi connectivity index (χ0v) is 22.0. The molecule has 0 bridgehead atoms. The van der Waals surface area contributed by atoms with Crippen molar-refractivity contribution in [2.75, 3.05) is 7.11 Å². The second kappa shape index (κ2) is 11.3. The van der Waals surface area contributed by atoms with Gasteiger partial charge in [-0.3, -0.25) is 9.78 Å². The van der Waals surface area contributed by atoms with Gasteiger partial charge in [0, 0.05) is 23.5 Å². The molecule has 0 aromatic carbocycles. The molecular weight excluding hydrogens is 551 g/mol. The van der Waals surface area contributed by atoms with Crippen LogP contribution in [0.3, 0.4) is 0 Å². The van der Waals surface area contributed by atoms with E-state index in [4.69, 9.17) is 9.15 Å². The maximum absolute atomic E-state index is 13.6. The van der Waals surface area contributed by atoms with Gasteiger partial charge < -0.3 is 9.15 Å². The molecule has 14 heteroatoms. The fourth-order valence-corrected chi connectivity index (χ4v) is 5.35. The summed E-state index contributed by atoms with van der Waals surface area (Å²) in [6.07, 6.45) is -2.35. The molecule has 0 spiro atoms. The van der Waals surface area contributed by atoms with E-state index in [1.807, 2.05) is 13.0 Å². The average Bonchev–Trinajstić information content (AvgIpc) is 3.45. The van der Waals surface area contributed by atoms with Crippen molar-refractivity contribution in [3.8, 4) is 17.5 Å². The second-order valence-electron chi connectivity index (χ2n) is 9.79. The summed E-state index contributed by atoms with van der Waals surface area (Å²) in [6, 6.07) is 5.31. The van der Waals surface area contributed by atoms with E-state index in [2.05, 4.69) is 25.3 Å². The molecule has 4 heterocycles. The van der Waals surface area contributed by atoms with Gasteiger partial charge in [-0.05, 0) is 74.3 Å². The van der Waals surface area contributed by atoms with Crippen molar-refractivity contribution < 1.29 is 31.1 Å². The summed E-state index contributed by atoms with van der Waals surface area (Å²) in [4.78, 5) is 21.8. The van der Waals surface area contributed by atoms with Gasteiger partial charge in [0.05, 0.1) is 24.9 Å². The molecule has 0 N–H and O–H groups in total. The Bertz CT molecular complexity index is 1600. The number of nitrogens with zero attached hydrogens (tertiary/aromatic N) is 6. The molecule has 41 heavy (non-hydrogen) atoms. The molecule has 1 aliphatic rings. The first kappa shape index (κ1) is 28.3. The quantitative estimate of drug-likeness (QED) is 0.252. The Balaban J connectivity index is 1.52. The van der Waals surface area contributed by atoms with E-state index in [-0.39, 0.29) is 29.0 Å². The van der Waals surface area contributed by atoms with E-state index in [0.29, 0.717) is 31.6 Å². The van der Waals surface area contributed by atoms with Gasteiger partial charge in [-0.15, -0.1) is 10.2 Å². The van der Waals surface area contributed by atoms with Crippen LogP contribution in [0.2, 0.25) is 0 Å². The Morgan fingerprint density at radius 1 is 1.07 bits per heavy atom. The predicted molar refractivity (Wildman–Crippen MR) is 135 cm³/mol. The minimum absolute atomic E-state index is 0.101. The maximum atomic E-state index is 13.6. The normalized spacial score (nSPS) is 17.7. The largest absolute Gasteiger partial charge is 0.481 e. The first-order valence-electron chi connectivity index (χ1n) is 12.8. The summed E-state index contributed by atoms with van der Waals surface area (Å²) in [5, 5.41) is 11.0. The van der Waals surface area contributed by atoms with Crippen molar-refractivity contribution in [2.24, 2.45) is 0 Å². The Kier molecular flexibility index (Phi) is 7.82. The molecule has 5 rings (SSSR count). The van der Waals surface area contributed by atoms with Crippen LogP contribution in [0, 0.1) is 6.92 Å². The minimum atomic E-state index is -4.71. The number of hydrogen-bond donors (Lipinski definition) is 0. The average molecular weight is 577 g/mol. The molecule has 0 amide bonds. The molecule has 1 fully saturated rings. The molecule has 216 valence electrons. The van der Waals surface area contributed by atoms with E-state index >= 15 is 0 Å². The van der Waals surface area contributed by atoms with Crippen molar-refractivity contribution in [3.05, 3.63) is 80.9 Å². The molecule has 0 radical (unpaired) electrons. The van der Waals surface area contributed by atoms with Crippen LogP contribution in [0.15, 0.2) is 45.9 Å². The van der Waals surface area contributed by atoms with Gasteiger partial charge in [0.15, 0.2) is 0 Å². The number of hydrogen-bond acceptors (Lipinski definition) is 8. The van der Waals surface area contributed by atoms with E-state index in [0.717, 1.165) is 27.9 Å². The molecule has 9 nitrogen and oxygen atoms in total. The smallest absolute Gasteiger partial charge is 0.418 e. The number of halogens is 5. The van der Waals surface area contributed by atoms with Gasteiger partial charge in [-0.1, -0.05) is 0 Å². The molecule has 1 aliphatic carbocycles. The van der Waals surface area contributed by atoms with E-state index in [9.17, 15) is 26.7 Å². The summed E-state index contributed by atoms with van der Waals surface area (Å²) in [7, 11) is 1.56. The fourth-order valence-electron chi connectivity index (χ4n) is 5.35. The third-order valence-electron chi connectivity index (χ3n) is 7.28. The van der Waals surface area contributed by atoms with Crippen molar-refractivity contribution in [3.63, 3.8) is 0 Å². The van der Waals surface area contributed by atoms with E-state index in [1.54, 1.807) is 13.3 Å². The molecule has 0 atom stereocenters. The van der Waals surface area contributed by atoms with Gasteiger partial charge in [0.2, 0.25) is 5.88 Å². The number of aromatic nitrogens is 6. The van der Waals surface area contributed by atoms with Crippen LogP contribution in [0.1, 0.15) is 77.8 Å². The molecule has 4 aromatic heterocycles. The van der Waals surface area contributed by atoms with Crippen molar-refractivity contribution >= 4 is 0 Å². The second-order valence-corrected chi connectivity index (χ2v) is 9.79. The third kappa shape index (κ3) is 5.81. The number of alkyl halides is 5. The number of rotatable bonds is 7. The minimum Gasteiger partial charge on any atom is -0.481 e. The van der Waals surface area contributed by atoms with Crippen LogP contribution in [-0.2, 0) is 12.7 Å². The maximum Gasteiger partial charge on any atom is 0.418 e. The lowest BCUT2D eigenvalue weighted by molar-refractivity contribution is -0.138. The highest BCUT2D eigenvalue weighted by atomic mass is 19.4. The van der Waals surface area contributed by atoms with Gasteiger partial charge in [0.1, 0.15) is 5.69 Å². The highest BCUT2D eigenvalue weighted by molar-refractivity contribution is 5.47. The first-order valence-corrected chi connectivity index (χ1v) is 12.8. The van der Waals surface area contributed by atoms with Crippen LogP contribution < -0.4 is 10.3 Å². The standard InChI is InChI=1S/C27H25F5N6O3/c1-14-9-11-34-24(40-2)21(14)16-7-5-15(6-8-16)17-12-19(23-35-36-25(41-23)22(28)29)37-38(26(17)39)13-20-18(27(30,31)32)4-3-10-33-20/h3-4,9-12,15-16,22H,5-8,13H2,1-2H3. The third-order valence-corrected chi connectivity index (χ3v) is 7.28. The Morgan fingerprint density at radius 3 is 2.46 bits per heavy atom. The van der Waals surface area contributed by atoms with Crippen LogP contribution in [-0.4, -0.2) is 37.1 Å². The molecule has 0 aliphatic heterocycles. The van der Waals surface area contributed by atoms with Crippen LogP contribution >= 0.6 is 0 Å². The lowest BCUT2D eigenvalue weighted by atomic mass is 9.75. The molecule has 0 unspecified atom stereocenters. The number of aryl methyl sites for hydroxylation is 1. The summed E-state index contributed by atoms with van der Waals surface area (Å²) in [5.41, 5.74) is 0.163. The van der Waals surface area contributed by atoms with E-state index in [1.165, 1.54) is 12.3 Å². The van der Waals surface area contributed by atoms with Crippen molar-refractivity contribution in [1.82, 2.24) is 29.9 Å². The first-order chi connectivity index (χ1) is 19.6. The lowest BCUT2D eigenvalue weighted by Gasteiger charge is -2.30. The number of ether oxygens (including phenoxy) is 1. The molecule has 1 saturated carbocycles. The fraction of sp³-hybridized carbons (Fsp3) is 0.407. The van der Waals surface area contributed by atoms with Crippen LogP contribution in [0.5, 0.6) is 5.88 Å². The van der Waals surface area contributed by atoms with Crippen molar-refractivity contribution in [2.45, 2.75) is 63.6 Å². The van der Waals surface area contributed by atoms with Crippen LogP contribution in [0.4, 0.5) is 22.0 Å². The highest BCUT2D eigenvalue weighted by Crippen LogP contribution is 2.43. The Labute approximate surface area is 230 Å². The SMILES string of the molecule is COc1nccc(C)c1C1CCC(c2cc(-c3nnc(C(F)F)o3)nn(Cc3ncccc3C(F)(F)F)c2=O)CC1.